The highest BCUT2D eigenvalue weighted by molar-refractivity contribution is 5.66. The fourth-order valence-electron chi connectivity index (χ4n) is 2.84. The Morgan fingerprint density at radius 1 is 1.40 bits per heavy atom. The number of fused-ring (bicyclic) bond motifs is 1. The Morgan fingerprint density at radius 2 is 2.15 bits per heavy atom. The van der Waals surface area contributed by atoms with E-state index in [0.29, 0.717) is 5.92 Å². The summed E-state index contributed by atoms with van der Waals surface area (Å²) in [6, 6.07) is 0. The molecule has 1 saturated heterocycles. The van der Waals surface area contributed by atoms with E-state index in [1.807, 2.05) is 30.8 Å². The Balaban J connectivity index is 1.88. The third-order valence-corrected chi connectivity index (χ3v) is 4.13. The molecule has 1 atom stereocenters. The van der Waals surface area contributed by atoms with Crippen LogP contribution in [0.1, 0.15) is 19.8 Å². The molecule has 2 aromatic rings. The number of nitrogens with one attached hydrogen (secondary N) is 1. The lowest BCUT2D eigenvalue weighted by atomic mass is 9.92. The topological polar surface area (TPSA) is 65.7 Å². The average molecular weight is 275 g/mol. The van der Waals surface area contributed by atoms with Crippen LogP contribution in [0.15, 0.2) is 18.6 Å². The van der Waals surface area contributed by atoms with E-state index in [1.165, 1.54) is 0 Å². The zero-order chi connectivity index (χ0) is 14.1. The molecule has 0 aromatic carbocycles. The first-order chi connectivity index (χ1) is 9.69. The molecule has 1 aliphatic rings. The van der Waals surface area contributed by atoms with Crippen LogP contribution in [0.3, 0.4) is 0 Å². The number of hydrogen-bond acceptors (Lipinski definition) is 5. The Kier molecular flexibility index (Phi) is 3.48. The molecular formula is C14H21N5O. The number of hydrogen-bond donors (Lipinski definition) is 2. The van der Waals surface area contributed by atoms with Gasteiger partial charge in [-0.05, 0) is 25.7 Å². The second-order valence-electron chi connectivity index (χ2n) is 5.42. The molecule has 1 aliphatic heterocycles. The monoisotopic (exact) mass is 275 g/mol. The maximum absolute atomic E-state index is 9.69. The van der Waals surface area contributed by atoms with Crippen molar-refractivity contribution in [2.75, 3.05) is 30.4 Å². The molecule has 3 heterocycles. The van der Waals surface area contributed by atoms with Gasteiger partial charge in [0.2, 0.25) is 0 Å². The van der Waals surface area contributed by atoms with Crippen LogP contribution in [0, 0.1) is 5.92 Å². The Hall–Kier alpha value is -1.82. The Bertz CT molecular complexity index is 586. The predicted octanol–water partition coefficient (Wildman–Crippen LogP) is 1.37. The lowest BCUT2D eigenvalue weighted by Crippen LogP contribution is -2.37. The van der Waals surface area contributed by atoms with E-state index in [9.17, 15) is 5.11 Å². The summed E-state index contributed by atoms with van der Waals surface area (Å²) < 4.78 is 1.99. The van der Waals surface area contributed by atoms with Crippen molar-refractivity contribution in [3.8, 4) is 0 Å². The highest BCUT2D eigenvalue weighted by Crippen LogP contribution is 2.27. The second kappa shape index (κ2) is 5.28. The van der Waals surface area contributed by atoms with Crippen molar-refractivity contribution >= 4 is 17.3 Å². The van der Waals surface area contributed by atoms with Gasteiger partial charge in [0.15, 0.2) is 11.5 Å². The van der Waals surface area contributed by atoms with Crippen molar-refractivity contribution in [2.24, 2.45) is 5.92 Å². The van der Waals surface area contributed by atoms with Gasteiger partial charge in [0, 0.05) is 32.5 Å². The zero-order valence-corrected chi connectivity index (χ0v) is 12.0. The van der Waals surface area contributed by atoms with E-state index >= 15 is 0 Å². The van der Waals surface area contributed by atoms with Gasteiger partial charge >= 0.3 is 0 Å². The van der Waals surface area contributed by atoms with Crippen LogP contribution in [0.4, 0.5) is 11.6 Å². The average Bonchev–Trinajstić information content (AvgIpc) is 2.94. The summed E-state index contributed by atoms with van der Waals surface area (Å²) in [5, 5.41) is 12.8. The molecule has 2 N–H and O–H groups in total. The van der Waals surface area contributed by atoms with E-state index < -0.39 is 0 Å². The third-order valence-electron chi connectivity index (χ3n) is 4.13. The molecule has 1 fully saturated rings. The fraction of sp³-hybridized carbons (Fsp3) is 0.571. The van der Waals surface area contributed by atoms with E-state index in [0.717, 1.165) is 43.2 Å². The van der Waals surface area contributed by atoms with Crippen LogP contribution < -0.4 is 10.2 Å². The highest BCUT2D eigenvalue weighted by atomic mass is 16.3. The van der Waals surface area contributed by atoms with Crippen molar-refractivity contribution < 1.29 is 5.11 Å². The van der Waals surface area contributed by atoms with Gasteiger partial charge in [-0.3, -0.25) is 0 Å². The van der Waals surface area contributed by atoms with Crippen LogP contribution in [-0.4, -0.2) is 45.7 Å². The molecule has 6 nitrogen and oxygen atoms in total. The minimum Gasteiger partial charge on any atom is -0.393 e. The normalized spacial score (nSPS) is 18.4. The molecule has 108 valence electrons. The second-order valence-corrected chi connectivity index (χ2v) is 5.42. The summed E-state index contributed by atoms with van der Waals surface area (Å²) >= 11 is 0. The van der Waals surface area contributed by atoms with Gasteiger partial charge < -0.3 is 19.7 Å². The van der Waals surface area contributed by atoms with Crippen LogP contribution in [-0.2, 0) is 0 Å². The molecule has 0 spiro atoms. The van der Waals surface area contributed by atoms with Crippen molar-refractivity contribution in [3.63, 3.8) is 0 Å². The molecule has 3 rings (SSSR count). The molecule has 0 bridgehead atoms. The number of aliphatic hydroxyl groups excluding tert-OH is 1. The minimum absolute atomic E-state index is 0.222. The first-order valence-electron chi connectivity index (χ1n) is 7.13. The largest absolute Gasteiger partial charge is 0.393 e. The maximum Gasteiger partial charge on any atom is 0.180 e. The summed E-state index contributed by atoms with van der Waals surface area (Å²) in [7, 11) is 1.87. The lowest BCUT2D eigenvalue weighted by molar-refractivity contribution is 0.110. The lowest BCUT2D eigenvalue weighted by Gasteiger charge is -2.34. The number of aliphatic hydroxyl groups is 1. The molecule has 1 unspecified atom stereocenters. The SMILES string of the molecule is CNc1cn2ccnc2c(N2CCC(C(C)O)CC2)n1. The molecule has 0 aliphatic carbocycles. The van der Waals surface area contributed by atoms with Crippen molar-refractivity contribution in [2.45, 2.75) is 25.9 Å². The number of piperidine rings is 1. The van der Waals surface area contributed by atoms with Gasteiger partial charge in [0.25, 0.3) is 0 Å². The third kappa shape index (κ3) is 2.31. The number of rotatable bonds is 3. The summed E-state index contributed by atoms with van der Waals surface area (Å²) in [6.45, 7) is 3.71. The molecule has 20 heavy (non-hydrogen) atoms. The summed E-state index contributed by atoms with van der Waals surface area (Å²) in [5.41, 5.74) is 0.888. The summed E-state index contributed by atoms with van der Waals surface area (Å²) in [6.07, 6.45) is 7.44. The van der Waals surface area contributed by atoms with Gasteiger partial charge in [-0.25, -0.2) is 9.97 Å². The molecule has 0 saturated carbocycles. The van der Waals surface area contributed by atoms with Crippen molar-refractivity contribution in [1.82, 2.24) is 14.4 Å². The zero-order valence-electron chi connectivity index (χ0n) is 12.0. The molecule has 6 heteroatoms. The van der Waals surface area contributed by atoms with Gasteiger partial charge in [-0.1, -0.05) is 0 Å². The Morgan fingerprint density at radius 3 is 2.80 bits per heavy atom. The van der Waals surface area contributed by atoms with Gasteiger partial charge in [-0.2, -0.15) is 0 Å². The summed E-state index contributed by atoms with van der Waals surface area (Å²) in [4.78, 5) is 11.3. The van der Waals surface area contributed by atoms with Crippen LogP contribution in [0.5, 0.6) is 0 Å². The predicted molar refractivity (Wildman–Crippen MR) is 79.2 cm³/mol. The first-order valence-corrected chi connectivity index (χ1v) is 7.13. The van der Waals surface area contributed by atoms with Crippen LogP contribution >= 0.6 is 0 Å². The fourth-order valence-corrected chi connectivity index (χ4v) is 2.84. The highest BCUT2D eigenvalue weighted by Gasteiger charge is 2.25. The van der Waals surface area contributed by atoms with E-state index in [1.54, 1.807) is 6.20 Å². The number of nitrogens with zero attached hydrogens (tertiary/aromatic N) is 4. The van der Waals surface area contributed by atoms with Gasteiger partial charge in [0.1, 0.15) is 5.82 Å². The maximum atomic E-state index is 9.69. The van der Waals surface area contributed by atoms with Crippen molar-refractivity contribution in [3.05, 3.63) is 18.6 Å². The number of imidazole rings is 1. The van der Waals surface area contributed by atoms with Crippen LogP contribution in [0.2, 0.25) is 0 Å². The van der Waals surface area contributed by atoms with E-state index in [-0.39, 0.29) is 6.10 Å². The molecule has 0 radical (unpaired) electrons. The van der Waals surface area contributed by atoms with Gasteiger partial charge in [0.05, 0.1) is 12.3 Å². The molecular weight excluding hydrogens is 254 g/mol. The quantitative estimate of drug-likeness (QED) is 0.885. The van der Waals surface area contributed by atoms with E-state index in [4.69, 9.17) is 0 Å². The smallest absolute Gasteiger partial charge is 0.180 e. The standard InChI is InChI=1S/C14H21N5O/c1-10(20)11-3-6-18(7-4-11)14-13-16-5-8-19(13)9-12(15-2)17-14/h5,8-11,15,20H,3-4,6-7H2,1-2H3. The molecule has 2 aromatic heterocycles. The van der Waals surface area contributed by atoms with Crippen molar-refractivity contribution in [1.29, 1.82) is 0 Å². The van der Waals surface area contributed by atoms with E-state index in [2.05, 4.69) is 20.2 Å². The minimum atomic E-state index is -0.222. The summed E-state index contributed by atoms with van der Waals surface area (Å²) in [5.74, 6) is 2.16. The number of anilines is 2. The molecule has 0 amide bonds. The Labute approximate surface area is 118 Å². The van der Waals surface area contributed by atoms with Crippen LogP contribution in [0.25, 0.3) is 5.65 Å². The number of aromatic nitrogens is 3. The van der Waals surface area contributed by atoms with Gasteiger partial charge in [-0.15, -0.1) is 0 Å². The first kappa shape index (κ1) is 13.2.